The second kappa shape index (κ2) is 32.0. The van der Waals surface area contributed by atoms with E-state index in [1.807, 2.05) is 127 Å². The number of para-hydroxylation sites is 10. The van der Waals surface area contributed by atoms with Gasteiger partial charge in [-0.05, 0) is 168 Å². The van der Waals surface area contributed by atoms with Gasteiger partial charge in [0.1, 0.15) is 61.5 Å². The number of nitrogens with zero attached hydrogens (tertiary/aromatic N) is 10. The van der Waals surface area contributed by atoms with Crippen molar-refractivity contribution in [3.63, 3.8) is 0 Å². The quantitative estimate of drug-likeness (QED) is 0.129. The predicted molar refractivity (Wildman–Crippen MR) is 583 cm³/mol. The van der Waals surface area contributed by atoms with E-state index in [1.165, 1.54) is 87.4 Å². The first-order chi connectivity index (χ1) is 70.7. The van der Waals surface area contributed by atoms with Crippen LogP contribution in [0.15, 0.2) is 467 Å². The molecule has 0 aliphatic heterocycles. The third kappa shape index (κ3) is 12.8. The largest absolute Gasteiger partial charge is 0.456 e. The molecule has 0 unspecified atom stereocenters. The highest BCUT2D eigenvalue weighted by atomic mass is 16.3. The SMILES string of the molecule is CC1(C)c2ccccc2-c2cc3c4ccccc4n(-c4cccc(-c5nc(-c6ccccc6)c6oc7ccccc7c6n5)c4)c3cc21.c1ccc(-c2nc(-c3cccc(-n4c5ccccc5c5cc6c7ccccc7n(-c7ccccc7)c6cc54)c3)nc3c2oc2ccccc23)cc1.c1ccc(-c2nc(-c3ccccc3-n3c4ccccc4c4cc5c(cc43)oc3ccccc35)nc3c2oc2ccccc23)cc1. The molecule has 31 rings (SSSR count). The Morgan fingerprint density at radius 3 is 1.01 bits per heavy atom. The molecule has 143 heavy (non-hydrogen) atoms. The third-order valence-corrected chi connectivity index (χ3v) is 28.9. The van der Waals surface area contributed by atoms with E-state index >= 15 is 0 Å². The van der Waals surface area contributed by atoms with Gasteiger partial charge in [-0.1, -0.05) is 311 Å². The maximum absolute atomic E-state index is 6.38. The summed E-state index contributed by atoms with van der Waals surface area (Å²) in [6.07, 6.45) is 0. The molecule has 11 heterocycles. The zero-order valence-electron chi connectivity index (χ0n) is 77.3. The van der Waals surface area contributed by atoms with Crippen LogP contribution in [0.3, 0.4) is 0 Å². The number of rotatable bonds is 10. The van der Waals surface area contributed by atoms with Gasteiger partial charge in [0.05, 0.1) is 49.8 Å². The van der Waals surface area contributed by atoms with Crippen LogP contribution in [0.25, 0.3) is 277 Å². The average Bonchev–Trinajstić information content (AvgIpc) is 1.56. The van der Waals surface area contributed by atoms with Crippen molar-refractivity contribution in [3.8, 4) is 102 Å². The first kappa shape index (κ1) is 81.0. The van der Waals surface area contributed by atoms with Gasteiger partial charge < -0.3 is 35.9 Å². The van der Waals surface area contributed by atoms with Crippen LogP contribution in [0.2, 0.25) is 0 Å². The minimum atomic E-state index is -0.0896. The van der Waals surface area contributed by atoms with Crippen LogP contribution in [0, 0.1) is 0 Å². The van der Waals surface area contributed by atoms with Crippen LogP contribution < -0.4 is 0 Å². The van der Waals surface area contributed by atoms with Crippen molar-refractivity contribution in [1.29, 1.82) is 0 Å². The summed E-state index contributed by atoms with van der Waals surface area (Å²) in [6, 6.07) is 157. The second-order valence-electron chi connectivity index (χ2n) is 37.4. The van der Waals surface area contributed by atoms with Crippen molar-refractivity contribution in [1.82, 2.24) is 48.2 Å². The summed E-state index contributed by atoms with van der Waals surface area (Å²) in [5.74, 6) is 1.96. The van der Waals surface area contributed by atoms with Gasteiger partial charge in [-0.25, -0.2) is 29.9 Å². The summed E-state index contributed by atoms with van der Waals surface area (Å²) in [7, 11) is 0. The summed E-state index contributed by atoms with van der Waals surface area (Å²) in [5.41, 5.74) is 35.6. The van der Waals surface area contributed by atoms with Crippen LogP contribution in [0.1, 0.15) is 25.0 Å². The molecule has 14 heteroatoms. The summed E-state index contributed by atoms with van der Waals surface area (Å²) in [6.45, 7) is 4.68. The molecule has 1 aliphatic carbocycles. The Balaban J connectivity index is 0.000000102. The fourth-order valence-corrected chi connectivity index (χ4v) is 22.4. The first-order valence-corrected chi connectivity index (χ1v) is 48.3. The molecule has 0 saturated heterocycles. The van der Waals surface area contributed by atoms with Gasteiger partial charge in [0.25, 0.3) is 0 Å². The third-order valence-electron chi connectivity index (χ3n) is 28.9. The molecule has 19 aromatic carbocycles. The molecule has 1 aliphatic rings. The van der Waals surface area contributed by atoms with Crippen molar-refractivity contribution in [2.24, 2.45) is 0 Å². The van der Waals surface area contributed by atoms with E-state index in [0.717, 1.165) is 167 Å². The number of hydrogen-bond donors (Lipinski definition) is 0. The van der Waals surface area contributed by atoms with Gasteiger partial charge in [-0.3, -0.25) is 0 Å². The molecule has 0 radical (unpaired) electrons. The van der Waals surface area contributed by atoms with Crippen LogP contribution in [-0.4, -0.2) is 48.2 Å². The highest BCUT2D eigenvalue weighted by Crippen LogP contribution is 2.53. The lowest BCUT2D eigenvalue weighted by Crippen LogP contribution is -2.14. The Labute approximate surface area is 816 Å². The normalized spacial score (nSPS) is 12.5. The van der Waals surface area contributed by atoms with E-state index in [0.29, 0.717) is 34.2 Å². The van der Waals surface area contributed by atoms with Crippen molar-refractivity contribution < 1.29 is 17.7 Å². The van der Waals surface area contributed by atoms with Crippen molar-refractivity contribution >= 4 is 175 Å². The lowest BCUT2D eigenvalue weighted by atomic mass is 9.82. The Bertz CT molecular complexity index is 10500. The molecule has 11 aromatic heterocycles. The van der Waals surface area contributed by atoms with Crippen LogP contribution in [0.5, 0.6) is 0 Å². The van der Waals surface area contributed by atoms with Gasteiger partial charge in [-0.2, -0.15) is 0 Å². The minimum Gasteiger partial charge on any atom is -0.456 e. The first-order valence-electron chi connectivity index (χ1n) is 48.3. The van der Waals surface area contributed by atoms with Gasteiger partial charge in [-0.15, -0.1) is 0 Å². The van der Waals surface area contributed by atoms with Gasteiger partial charge in [0.2, 0.25) is 0 Å². The standard InChI is InChI=1S/C46H28N4O.C43H29N3O.C40H23N3O2/c1-3-14-29(15-4-1)43-45-44(35-22-9-12-25-42(35)51-45)48-46(47-43)30-16-13-19-32(26-30)50-39-24-11-8-21-34(39)37-27-36-33-20-7-10-23-38(33)49(40(36)28-41(37)50)31-17-5-2-6-18-31;1-43(2)34-20-9-6-17-29(34)32-24-33-30-18-7-10-21-36(30)46(37(33)25-35(32)43)28-16-12-15-27(23-28)42-44-39(26-13-4-3-5-14-26)41-40(45-42)31-19-8-11-22-38(31)47-41;1-2-12-24(13-3-1)37-39-38(28-17-7-11-21-35(28)45-39)42-40(41-37)27-16-5-9-19-32(27)43-31-18-8-4-14-25(31)29-22-30-26-15-6-10-20-34(26)44-36(30)23-33(29)43/h1-28H;3-25H,1-2H3;1-23H. The highest BCUT2D eigenvalue weighted by molar-refractivity contribution is 6.22. The molecule has 0 saturated carbocycles. The van der Waals surface area contributed by atoms with Gasteiger partial charge >= 0.3 is 0 Å². The number of hydrogen-bond acceptors (Lipinski definition) is 10. The number of fused-ring (bicyclic) bond motifs is 27. The van der Waals surface area contributed by atoms with E-state index in [-0.39, 0.29) is 5.41 Å². The summed E-state index contributed by atoms with van der Waals surface area (Å²) in [4.78, 5) is 31.0. The van der Waals surface area contributed by atoms with Crippen LogP contribution in [0.4, 0.5) is 0 Å². The van der Waals surface area contributed by atoms with Crippen LogP contribution in [-0.2, 0) is 5.41 Å². The molecule has 0 fully saturated rings. The molecule has 0 spiro atoms. The molecule has 14 nitrogen and oxygen atoms in total. The lowest BCUT2D eigenvalue weighted by molar-refractivity contribution is 0.661. The molecular weight excluding hydrogens is 1750 g/mol. The second-order valence-corrected chi connectivity index (χ2v) is 37.4. The van der Waals surface area contributed by atoms with Crippen molar-refractivity contribution in [2.75, 3.05) is 0 Å². The van der Waals surface area contributed by atoms with Gasteiger partial charge in [0, 0.05) is 132 Å². The average molecular weight is 1830 g/mol. The Morgan fingerprint density at radius 1 is 0.189 bits per heavy atom. The minimum absolute atomic E-state index is 0.0896. The molecule has 30 aromatic rings. The van der Waals surface area contributed by atoms with E-state index in [4.69, 9.17) is 47.6 Å². The molecule has 0 amide bonds. The maximum Gasteiger partial charge on any atom is 0.180 e. The Kier molecular flexibility index (Phi) is 18.1. The Hall–Kier alpha value is -19.2. The monoisotopic (exact) mass is 1830 g/mol. The topological polar surface area (TPSA) is 150 Å². The van der Waals surface area contributed by atoms with E-state index in [9.17, 15) is 0 Å². The molecule has 0 atom stereocenters. The molecule has 0 N–H and O–H groups in total. The van der Waals surface area contributed by atoms with E-state index in [1.54, 1.807) is 0 Å². The highest BCUT2D eigenvalue weighted by Gasteiger charge is 2.37. The lowest BCUT2D eigenvalue weighted by Gasteiger charge is -2.21. The van der Waals surface area contributed by atoms with Crippen molar-refractivity contribution in [3.05, 3.63) is 460 Å². The zero-order valence-corrected chi connectivity index (χ0v) is 77.3. The Morgan fingerprint density at radius 2 is 0.524 bits per heavy atom. The molecule has 0 bridgehead atoms. The van der Waals surface area contributed by atoms with E-state index < -0.39 is 0 Å². The number of aromatic nitrogens is 10. The zero-order chi connectivity index (χ0) is 94.2. The number of furan rings is 4. The van der Waals surface area contributed by atoms with E-state index in [2.05, 4.69) is 354 Å². The number of benzene rings is 19. The maximum atomic E-state index is 6.38. The fraction of sp³-hybridized carbons (Fsp3) is 0.0233. The smallest absolute Gasteiger partial charge is 0.180 e. The van der Waals surface area contributed by atoms with Gasteiger partial charge in [0.15, 0.2) is 34.2 Å². The van der Waals surface area contributed by atoms with Crippen molar-refractivity contribution in [2.45, 2.75) is 19.3 Å². The summed E-state index contributed by atoms with van der Waals surface area (Å²) in [5, 5.41) is 14.9. The summed E-state index contributed by atoms with van der Waals surface area (Å²) >= 11 is 0. The molecular formula is C129H80N10O4. The predicted octanol–water partition coefficient (Wildman–Crippen LogP) is 33.7. The summed E-state index contributed by atoms with van der Waals surface area (Å²) < 4.78 is 34.9. The van der Waals surface area contributed by atoms with Crippen LogP contribution >= 0.6 is 0 Å². The fourth-order valence-electron chi connectivity index (χ4n) is 22.4. The molecule has 670 valence electrons.